The Balaban J connectivity index is 2.24. The minimum atomic E-state index is -0.159. The number of aromatic nitrogens is 3. The summed E-state index contributed by atoms with van der Waals surface area (Å²) in [6.07, 6.45) is 4.59. The molecule has 0 saturated heterocycles. The van der Waals surface area contributed by atoms with Crippen LogP contribution >= 0.6 is 11.6 Å². The van der Waals surface area contributed by atoms with Crippen LogP contribution in [0.2, 0.25) is 0 Å². The first kappa shape index (κ1) is 13.1. The summed E-state index contributed by atoms with van der Waals surface area (Å²) < 4.78 is 2.11. The van der Waals surface area contributed by atoms with Crippen molar-refractivity contribution in [1.82, 2.24) is 14.5 Å². The maximum atomic E-state index is 6.28. The molecule has 3 aromatic rings. The van der Waals surface area contributed by atoms with Crippen LogP contribution in [0.3, 0.4) is 0 Å². The first-order chi connectivity index (χ1) is 9.70. The van der Waals surface area contributed by atoms with Gasteiger partial charge in [0.15, 0.2) is 0 Å². The number of alkyl halides is 1. The van der Waals surface area contributed by atoms with Gasteiger partial charge in [-0.05, 0) is 37.1 Å². The number of rotatable bonds is 3. The largest absolute Gasteiger partial charge is 0.295 e. The van der Waals surface area contributed by atoms with Crippen molar-refractivity contribution >= 4 is 22.6 Å². The molecule has 0 aliphatic rings. The number of fused-ring (bicyclic) bond motifs is 1. The molecule has 20 heavy (non-hydrogen) atoms. The van der Waals surface area contributed by atoms with Crippen molar-refractivity contribution in [3.8, 4) is 5.69 Å². The van der Waals surface area contributed by atoms with Crippen molar-refractivity contribution in [2.24, 2.45) is 0 Å². The third-order valence-corrected chi connectivity index (χ3v) is 3.64. The number of benzene rings is 1. The molecule has 2 aromatic heterocycles. The minimum Gasteiger partial charge on any atom is -0.295 e. The van der Waals surface area contributed by atoms with E-state index in [1.54, 1.807) is 12.4 Å². The van der Waals surface area contributed by atoms with E-state index in [4.69, 9.17) is 11.6 Å². The standard InChI is InChI=1S/C16H16ClN3/c1-3-12-4-6-13(7-5-12)20-15-8-9-18-10-14(15)19-16(20)11(2)17/h4-11H,3H2,1-2H3. The molecule has 0 aliphatic heterocycles. The summed E-state index contributed by atoms with van der Waals surface area (Å²) in [5, 5.41) is -0.159. The van der Waals surface area contributed by atoms with Crippen LogP contribution in [0.25, 0.3) is 16.7 Å². The molecular formula is C16H16ClN3. The Labute approximate surface area is 123 Å². The summed E-state index contributed by atoms with van der Waals surface area (Å²) in [6.45, 7) is 4.09. The highest BCUT2D eigenvalue weighted by atomic mass is 35.5. The molecule has 0 saturated carbocycles. The van der Waals surface area contributed by atoms with E-state index in [1.165, 1.54) is 5.56 Å². The second kappa shape index (κ2) is 5.25. The van der Waals surface area contributed by atoms with Crippen molar-refractivity contribution in [3.05, 3.63) is 54.1 Å². The van der Waals surface area contributed by atoms with Gasteiger partial charge in [-0.15, -0.1) is 11.6 Å². The van der Waals surface area contributed by atoms with Crippen LogP contribution in [0.1, 0.15) is 30.6 Å². The van der Waals surface area contributed by atoms with Gasteiger partial charge in [-0.2, -0.15) is 0 Å². The molecule has 0 radical (unpaired) electrons. The molecule has 3 rings (SSSR count). The van der Waals surface area contributed by atoms with Crippen molar-refractivity contribution in [1.29, 1.82) is 0 Å². The second-order valence-corrected chi connectivity index (χ2v) is 5.46. The van der Waals surface area contributed by atoms with Gasteiger partial charge in [-0.3, -0.25) is 9.55 Å². The highest BCUT2D eigenvalue weighted by Crippen LogP contribution is 2.27. The van der Waals surface area contributed by atoms with E-state index in [0.29, 0.717) is 0 Å². The normalized spacial score (nSPS) is 12.8. The van der Waals surface area contributed by atoms with Crippen LogP contribution < -0.4 is 0 Å². The lowest BCUT2D eigenvalue weighted by Crippen LogP contribution is -2.02. The van der Waals surface area contributed by atoms with Crippen LogP contribution in [-0.2, 0) is 6.42 Å². The fraction of sp³-hybridized carbons (Fsp3) is 0.250. The molecule has 102 valence electrons. The van der Waals surface area contributed by atoms with Crippen molar-refractivity contribution < 1.29 is 0 Å². The van der Waals surface area contributed by atoms with Crippen molar-refractivity contribution in [3.63, 3.8) is 0 Å². The molecule has 1 unspecified atom stereocenters. The van der Waals surface area contributed by atoms with E-state index in [0.717, 1.165) is 29.0 Å². The van der Waals surface area contributed by atoms with E-state index >= 15 is 0 Å². The summed E-state index contributed by atoms with van der Waals surface area (Å²) in [5.74, 6) is 0.846. The molecule has 1 aromatic carbocycles. The van der Waals surface area contributed by atoms with Gasteiger partial charge in [0, 0.05) is 11.9 Å². The lowest BCUT2D eigenvalue weighted by Gasteiger charge is -2.11. The Morgan fingerprint density at radius 2 is 1.95 bits per heavy atom. The molecular weight excluding hydrogens is 270 g/mol. The van der Waals surface area contributed by atoms with Gasteiger partial charge < -0.3 is 0 Å². The average Bonchev–Trinajstić information content (AvgIpc) is 2.87. The fourth-order valence-corrected chi connectivity index (χ4v) is 2.52. The van der Waals surface area contributed by atoms with Gasteiger partial charge in [-0.1, -0.05) is 19.1 Å². The molecule has 0 N–H and O–H groups in total. The molecule has 0 amide bonds. The average molecular weight is 286 g/mol. The lowest BCUT2D eigenvalue weighted by molar-refractivity contribution is 0.882. The fourth-order valence-electron chi connectivity index (χ4n) is 2.37. The number of halogens is 1. The molecule has 1 atom stereocenters. The van der Waals surface area contributed by atoms with Gasteiger partial charge in [0.2, 0.25) is 0 Å². The Kier molecular flexibility index (Phi) is 3.45. The monoisotopic (exact) mass is 285 g/mol. The van der Waals surface area contributed by atoms with E-state index in [9.17, 15) is 0 Å². The van der Waals surface area contributed by atoms with Crippen LogP contribution in [0.5, 0.6) is 0 Å². The number of pyridine rings is 1. The van der Waals surface area contributed by atoms with E-state index in [1.807, 2.05) is 13.0 Å². The first-order valence-electron chi connectivity index (χ1n) is 6.76. The minimum absolute atomic E-state index is 0.159. The number of hydrogen-bond acceptors (Lipinski definition) is 2. The van der Waals surface area contributed by atoms with E-state index in [-0.39, 0.29) is 5.38 Å². The zero-order valence-electron chi connectivity index (χ0n) is 11.5. The Bertz CT molecular complexity index is 729. The molecule has 0 spiro atoms. The Morgan fingerprint density at radius 3 is 2.60 bits per heavy atom. The lowest BCUT2D eigenvalue weighted by atomic mass is 10.1. The smallest absolute Gasteiger partial charge is 0.132 e. The molecule has 4 heteroatoms. The zero-order valence-corrected chi connectivity index (χ0v) is 12.3. The SMILES string of the molecule is CCc1ccc(-n2c(C(C)Cl)nc3cnccc32)cc1. The number of nitrogens with zero attached hydrogens (tertiary/aromatic N) is 3. The molecule has 2 heterocycles. The van der Waals surface area contributed by atoms with Crippen molar-refractivity contribution in [2.45, 2.75) is 25.6 Å². The van der Waals surface area contributed by atoms with Gasteiger partial charge in [0.25, 0.3) is 0 Å². The Morgan fingerprint density at radius 1 is 1.20 bits per heavy atom. The third-order valence-electron chi connectivity index (χ3n) is 3.44. The highest BCUT2D eigenvalue weighted by Gasteiger charge is 2.16. The van der Waals surface area contributed by atoms with E-state index in [2.05, 4.69) is 45.7 Å². The highest BCUT2D eigenvalue weighted by molar-refractivity contribution is 6.20. The van der Waals surface area contributed by atoms with Crippen LogP contribution in [-0.4, -0.2) is 14.5 Å². The van der Waals surface area contributed by atoms with Crippen LogP contribution in [0.4, 0.5) is 0 Å². The topological polar surface area (TPSA) is 30.7 Å². The van der Waals surface area contributed by atoms with E-state index < -0.39 is 0 Å². The third kappa shape index (κ3) is 2.18. The van der Waals surface area contributed by atoms with Gasteiger partial charge >= 0.3 is 0 Å². The quantitative estimate of drug-likeness (QED) is 0.672. The number of imidazole rings is 1. The van der Waals surface area contributed by atoms with Crippen molar-refractivity contribution in [2.75, 3.05) is 0 Å². The summed E-state index contributed by atoms with van der Waals surface area (Å²) in [4.78, 5) is 8.73. The molecule has 0 aliphatic carbocycles. The predicted molar refractivity (Wildman–Crippen MR) is 82.5 cm³/mol. The number of hydrogen-bond donors (Lipinski definition) is 0. The summed E-state index contributed by atoms with van der Waals surface area (Å²) in [7, 11) is 0. The Hall–Kier alpha value is -1.87. The summed E-state index contributed by atoms with van der Waals surface area (Å²) >= 11 is 6.28. The molecule has 3 nitrogen and oxygen atoms in total. The predicted octanol–water partition coefficient (Wildman–Crippen LogP) is 4.28. The molecule has 0 bridgehead atoms. The molecule has 0 fully saturated rings. The van der Waals surface area contributed by atoms with Crippen LogP contribution in [0, 0.1) is 0 Å². The second-order valence-electron chi connectivity index (χ2n) is 4.81. The maximum Gasteiger partial charge on any atom is 0.132 e. The number of aryl methyl sites for hydroxylation is 1. The first-order valence-corrected chi connectivity index (χ1v) is 7.20. The summed E-state index contributed by atoms with van der Waals surface area (Å²) in [6, 6.07) is 10.5. The van der Waals surface area contributed by atoms with Gasteiger partial charge in [-0.25, -0.2) is 4.98 Å². The summed E-state index contributed by atoms with van der Waals surface area (Å²) in [5.41, 5.74) is 4.31. The van der Waals surface area contributed by atoms with Crippen LogP contribution in [0.15, 0.2) is 42.7 Å². The van der Waals surface area contributed by atoms with Gasteiger partial charge in [0.1, 0.15) is 11.3 Å². The van der Waals surface area contributed by atoms with Gasteiger partial charge in [0.05, 0.1) is 17.1 Å². The maximum absolute atomic E-state index is 6.28. The zero-order chi connectivity index (χ0) is 14.1.